The predicted molar refractivity (Wildman–Crippen MR) is 125 cm³/mol. The van der Waals surface area contributed by atoms with Gasteiger partial charge in [0, 0.05) is 28.6 Å². The number of thioether (sulfide) groups is 1. The Kier molecular flexibility index (Phi) is 5.13. The lowest BCUT2D eigenvalue weighted by Gasteiger charge is -2.31. The van der Waals surface area contributed by atoms with Crippen LogP contribution in [-0.4, -0.2) is 25.2 Å². The van der Waals surface area contributed by atoms with Gasteiger partial charge in [0.25, 0.3) is 0 Å². The maximum Gasteiger partial charge on any atom is 0.517 e. The molecule has 1 atom stereocenters. The molecule has 0 bridgehead atoms. The molecule has 3 aliphatic rings. The lowest BCUT2D eigenvalue weighted by Crippen LogP contribution is -2.39. The van der Waals surface area contributed by atoms with Gasteiger partial charge in [-0.25, -0.2) is 4.31 Å². The molecule has 0 fully saturated rings. The largest absolute Gasteiger partial charge is 0.517 e. The zero-order valence-electron chi connectivity index (χ0n) is 17.2. The Bertz CT molecular complexity index is 1480. The van der Waals surface area contributed by atoms with E-state index in [2.05, 4.69) is 4.98 Å². The Morgan fingerprint density at radius 2 is 1.73 bits per heavy atom. The van der Waals surface area contributed by atoms with Gasteiger partial charge in [-0.1, -0.05) is 54.6 Å². The van der Waals surface area contributed by atoms with Crippen molar-refractivity contribution in [3.8, 4) is 11.1 Å². The second-order valence-corrected chi connectivity index (χ2v) is 10.2. The Labute approximate surface area is 193 Å². The second kappa shape index (κ2) is 7.78. The van der Waals surface area contributed by atoms with Gasteiger partial charge in [-0.05, 0) is 40.6 Å². The Balaban J connectivity index is 1.80. The smallest absolute Gasteiger partial charge is 0.254 e. The SMILES string of the molecule is CSc1cc(C2C=CN(S(=O)(=O)C(F)(F)F)c3c2ccc2cccnc32)c2cccccc1-2. The van der Waals surface area contributed by atoms with Crippen molar-refractivity contribution in [3.63, 3.8) is 0 Å². The molecule has 1 aliphatic heterocycles. The van der Waals surface area contributed by atoms with Gasteiger partial charge in [-0.3, -0.25) is 4.98 Å². The number of allylic oxidation sites excluding steroid dienone is 1. The van der Waals surface area contributed by atoms with E-state index in [1.54, 1.807) is 36.0 Å². The molecule has 2 aliphatic carbocycles. The molecule has 2 heterocycles. The van der Waals surface area contributed by atoms with Gasteiger partial charge in [0.15, 0.2) is 0 Å². The average Bonchev–Trinajstić information content (AvgIpc) is 2.96. The van der Waals surface area contributed by atoms with E-state index in [0.29, 0.717) is 15.3 Å². The molecule has 0 amide bonds. The Morgan fingerprint density at radius 3 is 2.45 bits per heavy atom. The molecular formula is C24H17F3N2O2S2. The zero-order valence-corrected chi connectivity index (χ0v) is 18.9. The highest BCUT2D eigenvalue weighted by Gasteiger charge is 2.51. The van der Waals surface area contributed by atoms with E-state index in [4.69, 9.17) is 0 Å². The Morgan fingerprint density at radius 1 is 0.970 bits per heavy atom. The quantitative estimate of drug-likeness (QED) is 0.316. The molecule has 0 spiro atoms. The van der Waals surface area contributed by atoms with Crippen LogP contribution in [0.2, 0.25) is 0 Å². The van der Waals surface area contributed by atoms with E-state index >= 15 is 0 Å². The van der Waals surface area contributed by atoms with Crippen molar-refractivity contribution in [2.45, 2.75) is 16.3 Å². The minimum absolute atomic E-state index is 0.0710. The number of aromatic nitrogens is 1. The molecule has 0 N–H and O–H groups in total. The molecule has 168 valence electrons. The van der Waals surface area contributed by atoms with Crippen LogP contribution in [0, 0.1) is 0 Å². The summed E-state index contributed by atoms with van der Waals surface area (Å²) in [7, 11) is -5.66. The highest BCUT2D eigenvalue weighted by atomic mass is 32.2. The maximum atomic E-state index is 13.5. The molecule has 0 saturated heterocycles. The molecule has 0 radical (unpaired) electrons. The number of anilines is 1. The van der Waals surface area contributed by atoms with Crippen molar-refractivity contribution >= 4 is 38.4 Å². The van der Waals surface area contributed by atoms with Gasteiger partial charge in [0.2, 0.25) is 0 Å². The maximum absolute atomic E-state index is 13.5. The minimum atomic E-state index is -5.66. The number of benzene rings is 1. The normalized spacial score (nSPS) is 16.4. The van der Waals surface area contributed by atoms with E-state index in [9.17, 15) is 21.6 Å². The number of rotatable bonds is 3. The molecule has 9 heteroatoms. The predicted octanol–water partition coefficient (Wildman–Crippen LogP) is 6.38. The van der Waals surface area contributed by atoms with Gasteiger partial charge in [-0.2, -0.15) is 21.6 Å². The fourth-order valence-corrected chi connectivity index (χ4v) is 5.82. The summed E-state index contributed by atoms with van der Waals surface area (Å²) in [6.45, 7) is 0. The molecule has 5 rings (SSSR count). The molecule has 1 aromatic carbocycles. The number of halogens is 3. The zero-order chi connectivity index (χ0) is 23.4. The van der Waals surface area contributed by atoms with Crippen molar-refractivity contribution in [1.82, 2.24) is 4.98 Å². The number of alkyl halides is 3. The van der Waals surface area contributed by atoms with Gasteiger partial charge in [-0.15, -0.1) is 11.8 Å². The summed E-state index contributed by atoms with van der Waals surface area (Å²) in [5.41, 5.74) is -2.00. The summed E-state index contributed by atoms with van der Waals surface area (Å²) >= 11 is 1.58. The van der Waals surface area contributed by atoms with Gasteiger partial charge in [0.1, 0.15) is 0 Å². The van der Waals surface area contributed by atoms with Crippen molar-refractivity contribution < 1.29 is 21.6 Å². The number of pyridine rings is 1. The summed E-state index contributed by atoms with van der Waals surface area (Å²) < 4.78 is 65.9. The standard InChI is InChI=1S/C24H17F3N2O2S2/c1-32-21-14-20(16-7-3-2-4-8-18(16)21)17-11-13-29(33(30,31)24(25,26)27)23-19(17)10-9-15-6-5-12-28-22(15)23/h2-14,17H,1H3. The number of fused-ring (bicyclic) bond motifs is 4. The molecule has 1 aromatic heterocycles. The summed E-state index contributed by atoms with van der Waals surface area (Å²) in [5.74, 6) is -0.447. The third kappa shape index (κ3) is 3.38. The molecular weight excluding hydrogens is 469 g/mol. The lowest BCUT2D eigenvalue weighted by molar-refractivity contribution is -0.0436. The first-order chi connectivity index (χ1) is 15.7. The number of hydrogen-bond acceptors (Lipinski definition) is 4. The van der Waals surface area contributed by atoms with Gasteiger partial charge < -0.3 is 0 Å². The molecule has 4 nitrogen and oxygen atoms in total. The summed E-state index contributed by atoms with van der Waals surface area (Å²) in [5, 5.41) is 0.552. The number of sulfonamides is 1. The van der Waals surface area contributed by atoms with Crippen LogP contribution < -0.4 is 4.31 Å². The monoisotopic (exact) mass is 486 g/mol. The first kappa shape index (κ1) is 21.8. The van der Waals surface area contributed by atoms with E-state index in [1.807, 2.05) is 42.7 Å². The molecule has 2 aromatic rings. The summed E-state index contributed by atoms with van der Waals surface area (Å²) in [4.78, 5) is 5.29. The van der Waals surface area contributed by atoms with E-state index in [0.717, 1.165) is 27.8 Å². The second-order valence-electron chi connectivity index (χ2n) is 7.55. The van der Waals surface area contributed by atoms with Crippen molar-refractivity contribution in [2.24, 2.45) is 0 Å². The van der Waals surface area contributed by atoms with Crippen LogP contribution in [-0.2, 0) is 10.0 Å². The first-order valence-electron chi connectivity index (χ1n) is 9.96. The lowest BCUT2D eigenvalue weighted by atomic mass is 9.86. The summed E-state index contributed by atoms with van der Waals surface area (Å²) in [6.07, 6.45) is 5.92. The van der Waals surface area contributed by atoms with Crippen LogP contribution in [0.3, 0.4) is 0 Å². The van der Waals surface area contributed by atoms with E-state index < -0.39 is 21.4 Å². The minimum Gasteiger partial charge on any atom is -0.254 e. The summed E-state index contributed by atoms with van der Waals surface area (Å²) in [6, 6.07) is 18.5. The van der Waals surface area contributed by atoms with Crippen molar-refractivity contribution in [3.05, 3.63) is 90.3 Å². The van der Waals surface area contributed by atoms with Crippen LogP contribution in [0.4, 0.5) is 18.9 Å². The van der Waals surface area contributed by atoms with Crippen LogP contribution in [0.1, 0.15) is 17.0 Å². The highest BCUT2D eigenvalue weighted by molar-refractivity contribution is 7.98. The fourth-order valence-electron chi connectivity index (χ4n) is 4.29. The average molecular weight is 487 g/mol. The molecule has 33 heavy (non-hydrogen) atoms. The third-order valence-electron chi connectivity index (χ3n) is 5.76. The van der Waals surface area contributed by atoms with Crippen LogP contribution in [0.15, 0.2) is 84.0 Å². The van der Waals surface area contributed by atoms with Crippen molar-refractivity contribution in [2.75, 3.05) is 10.6 Å². The third-order valence-corrected chi connectivity index (χ3v) is 7.94. The van der Waals surface area contributed by atoms with Crippen molar-refractivity contribution in [1.29, 1.82) is 0 Å². The molecule has 1 unspecified atom stereocenters. The van der Waals surface area contributed by atoms with Gasteiger partial charge in [0.05, 0.1) is 11.2 Å². The van der Waals surface area contributed by atoms with E-state index in [-0.39, 0.29) is 11.2 Å². The van der Waals surface area contributed by atoms with Gasteiger partial charge >= 0.3 is 15.5 Å². The number of nitrogens with zero attached hydrogens (tertiary/aromatic N) is 2. The fraction of sp³-hybridized carbons (Fsp3) is 0.125. The highest BCUT2D eigenvalue weighted by Crippen LogP contribution is 2.49. The van der Waals surface area contributed by atoms with E-state index in [1.165, 1.54) is 12.3 Å². The van der Waals surface area contributed by atoms with Crippen LogP contribution in [0.25, 0.3) is 22.0 Å². The number of hydrogen-bond donors (Lipinski definition) is 0. The topological polar surface area (TPSA) is 50.3 Å². The first-order valence-corrected chi connectivity index (χ1v) is 12.6. The van der Waals surface area contributed by atoms with Crippen LogP contribution in [0.5, 0.6) is 0 Å². The molecule has 0 saturated carbocycles. The Hall–Kier alpha value is -3.04. The van der Waals surface area contributed by atoms with Crippen LogP contribution >= 0.6 is 11.8 Å².